The van der Waals surface area contributed by atoms with E-state index >= 15 is 0 Å². The van der Waals surface area contributed by atoms with Crippen molar-refractivity contribution in [2.75, 3.05) is 44.2 Å². The topological polar surface area (TPSA) is 74.8 Å². The summed E-state index contributed by atoms with van der Waals surface area (Å²) < 4.78 is 5.35. The molecule has 1 aliphatic rings. The summed E-state index contributed by atoms with van der Waals surface area (Å²) in [6.07, 6.45) is 1.76. The summed E-state index contributed by atoms with van der Waals surface area (Å²) >= 11 is 5.79. The quantitative estimate of drug-likeness (QED) is 0.813. The highest BCUT2D eigenvalue weighted by Gasteiger charge is 2.21. The number of anilines is 1. The first-order valence-electron chi connectivity index (χ1n) is 8.70. The number of halogens is 1. The molecule has 1 fully saturated rings. The second-order valence-electron chi connectivity index (χ2n) is 6.08. The maximum Gasteiger partial charge on any atom is 0.258 e. The molecular formula is C19H21ClN4O3. The lowest BCUT2D eigenvalue weighted by molar-refractivity contribution is -0.133. The molecule has 27 heavy (non-hydrogen) atoms. The highest BCUT2D eigenvalue weighted by Crippen LogP contribution is 2.15. The number of rotatable bonds is 6. The van der Waals surface area contributed by atoms with Gasteiger partial charge in [0.15, 0.2) is 6.61 Å². The lowest BCUT2D eigenvalue weighted by Crippen LogP contribution is -2.51. The van der Waals surface area contributed by atoms with Gasteiger partial charge in [0, 0.05) is 37.4 Å². The first kappa shape index (κ1) is 19.0. The Morgan fingerprint density at radius 3 is 2.48 bits per heavy atom. The number of nitrogens with zero attached hydrogens (tertiary/aromatic N) is 3. The van der Waals surface area contributed by atoms with Crippen LogP contribution < -0.4 is 15.0 Å². The van der Waals surface area contributed by atoms with Gasteiger partial charge in [0.05, 0.1) is 6.54 Å². The van der Waals surface area contributed by atoms with E-state index in [1.54, 1.807) is 35.4 Å². The van der Waals surface area contributed by atoms with Crippen LogP contribution in [0.5, 0.6) is 5.75 Å². The third-order valence-corrected chi connectivity index (χ3v) is 4.48. The Labute approximate surface area is 162 Å². The van der Waals surface area contributed by atoms with Crippen molar-refractivity contribution in [1.29, 1.82) is 0 Å². The van der Waals surface area contributed by atoms with Gasteiger partial charge in [-0.2, -0.15) is 0 Å². The maximum atomic E-state index is 12.3. The molecule has 2 heterocycles. The van der Waals surface area contributed by atoms with Crippen molar-refractivity contribution in [3.8, 4) is 5.75 Å². The van der Waals surface area contributed by atoms with Gasteiger partial charge in [0.2, 0.25) is 5.91 Å². The molecule has 0 spiro atoms. The zero-order valence-electron chi connectivity index (χ0n) is 14.8. The lowest BCUT2D eigenvalue weighted by atomic mass is 10.3. The molecule has 1 aromatic heterocycles. The Bertz CT molecular complexity index is 762. The van der Waals surface area contributed by atoms with Crippen LogP contribution >= 0.6 is 11.6 Å². The largest absolute Gasteiger partial charge is 0.484 e. The summed E-state index contributed by atoms with van der Waals surface area (Å²) in [5.41, 5.74) is 0. The van der Waals surface area contributed by atoms with Gasteiger partial charge in [0.1, 0.15) is 11.6 Å². The zero-order chi connectivity index (χ0) is 19.1. The molecule has 0 saturated carbocycles. The minimum absolute atomic E-state index is 0.0353. The van der Waals surface area contributed by atoms with Crippen LogP contribution in [0.15, 0.2) is 48.7 Å². The molecule has 2 amide bonds. The minimum atomic E-state index is -0.342. The predicted molar refractivity (Wildman–Crippen MR) is 103 cm³/mol. The van der Waals surface area contributed by atoms with Gasteiger partial charge in [-0.1, -0.05) is 17.7 Å². The summed E-state index contributed by atoms with van der Waals surface area (Å²) in [5.74, 6) is 1.02. The van der Waals surface area contributed by atoms with Crippen LogP contribution in [-0.2, 0) is 9.59 Å². The highest BCUT2D eigenvalue weighted by atomic mass is 35.5. The number of nitrogens with one attached hydrogen (secondary N) is 1. The van der Waals surface area contributed by atoms with Gasteiger partial charge in [-0.3, -0.25) is 9.59 Å². The average Bonchev–Trinajstić information content (AvgIpc) is 2.72. The van der Waals surface area contributed by atoms with E-state index in [1.807, 2.05) is 18.2 Å². The molecule has 142 valence electrons. The number of amides is 2. The molecule has 2 aromatic rings. The number of ether oxygens (including phenoxy) is 1. The molecule has 1 saturated heterocycles. The second-order valence-corrected chi connectivity index (χ2v) is 6.51. The number of carbonyl (C=O) groups is 2. The Balaban J connectivity index is 1.37. The van der Waals surface area contributed by atoms with E-state index in [9.17, 15) is 9.59 Å². The Hall–Kier alpha value is -2.80. The van der Waals surface area contributed by atoms with Crippen LogP contribution in [0.25, 0.3) is 0 Å². The molecule has 0 atom stereocenters. The SMILES string of the molecule is O=C(COc1ccc(Cl)cc1)NCC(=O)N1CCN(c2ccccn2)CC1. The summed E-state index contributed by atoms with van der Waals surface area (Å²) in [7, 11) is 0. The van der Waals surface area contributed by atoms with Crippen molar-refractivity contribution >= 4 is 29.2 Å². The summed E-state index contributed by atoms with van der Waals surface area (Å²) in [6.45, 7) is 2.46. The van der Waals surface area contributed by atoms with Gasteiger partial charge < -0.3 is 19.9 Å². The van der Waals surface area contributed by atoms with Crippen molar-refractivity contribution in [2.45, 2.75) is 0 Å². The highest BCUT2D eigenvalue weighted by molar-refractivity contribution is 6.30. The molecule has 7 nitrogen and oxygen atoms in total. The number of hydrogen-bond acceptors (Lipinski definition) is 5. The van der Waals surface area contributed by atoms with Crippen molar-refractivity contribution in [3.05, 3.63) is 53.7 Å². The summed E-state index contributed by atoms with van der Waals surface area (Å²) in [6, 6.07) is 12.5. The third-order valence-electron chi connectivity index (χ3n) is 4.23. The van der Waals surface area contributed by atoms with Crippen LogP contribution in [0.4, 0.5) is 5.82 Å². The van der Waals surface area contributed by atoms with E-state index in [0.29, 0.717) is 23.9 Å². The standard InChI is InChI=1S/C19H21ClN4O3/c20-15-4-6-16(7-5-15)27-14-18(25)22-13-19(26)24-11-9-23(10-12-24)17-3-1-2-8-21-17/h1-8H,9-14H2,(H,22,25). The predicted octanol–water partition coefficient (Wildman–Crippen LogP) is 1.58. The smallest absolute Gasteiger partial charge is 0.258 e. The number of benzene rings is 1. The number of piperazine rings is 1. The van der Waals surface area contributed by atoms with E-state index in [-0.39, 0.29) is 25.0 Å². The van der Waals surface area contributed by atoms with Crippen molar-refractivity contribution in [3.63, 3.8) is 0 Å². The second kappa shape index (κ2) is 9.23. The minimum Gasteiger partial charge on any atom is -0.484 e. The Kier molecular flexibility index (Phi) is 6.49. The average molecular weight is 389 g/mol. The fraction of sp³-hybridized carbons (Fsp3) is 0.316. The monoisotopic (exact) mass is 388 g/mol. The number of aromatic nitrogens is 1. The molecule has 1 aliphatic heterocycles. The van der Waals surface area contributed by atoms with E-state index in [1.165, 1.54) is 0 Å². The van der Waals surface area contributed by atoms with E-state index < -0.39 is 0 Å². The van der Waals surface area contributed by atoms with Crippen LogP contribution in [0.2, 0.25) is 5.02 Å². The normalized spacial score (nSPS) is 14.0. The maximum absolute atomic E-state index is 12.3. The fourth-order valence-corrected chi connectivity index (χ4v) is 2.87. The van der Waals surface area contributed by atoms with Gasteiger partial charge in [-0.15, -0.1) is 0 Å². The molecule has 0 radical (unpaired) electrons. The third kappa shape index (κ3) is 5.59. The van der Waals surface area contributed by atoms with Crippen LogP contribution in [0.3, 0.4) is 0 Å². The van der Waals surface area contributed by atoms with Gasteiger partial charge in [-0.05, 0) is 36.4 Å². The van der Waals surface area contributed by atoms with Gasteiger partial charge in [-0.25, -0.2) is 4.98 Å². The van der Waals surface area contributed by atoms with Crippen molar-refractivity contribution in [1.82, 2.24) is 15.2 Å². The van der Waals surface area contributed by atoms with E-state index in [4.69, 9.17) is 16.3 Å². The molecule has 0 bridgehead atoms. The number of pyridine rings is 1. The zero-order valence-corrected chi connectivity index (χ0v) is 15.6. The lowest BCUT2D eigenvalue weighted by Gasteiger charge is -2.35. The fourth-order valence-electron chi connectivity index (χ4n) is 2.74. The molecular weight excluding hydrogens is 368 g/mol. The van der Waals surface area contributed by atoms with Gasteiger partial charge >= 0.3 is 0 Å². The summed E-state index contributed by atoms with van der Waals surface area (Å²) in [4.78, 5) is 32.4. The van der Waals surface area contributed by atoms with Crippen LogP contribution in [0.1, 0.15) is 0 Å². The molecule has 0 unspecified atom stereocenters. The molecule has 3 rings (SSSR count). The molecule has 1 aromatic carbocycles. The van der Waals surface area contributed by atoms with Crippen molar-refractivity contribution < 1.29 is 14.3 Å². The number of hydrogen-bond donors (Lipinski definition) is 1. The van der Waals surface area contributed by atoms with Gasteiger partial charge in [0.25, 0.3) is 5.91 Å². The number of carbonyl (C=O) groups excluding carboxylic acids is 2. The van der Waals surface area contributed by atoms with Crippen LogP contribution in [-0.4, -0.2) is 61.0 Å². The molecule has 1 N–H and O–H groups in total. The van der Waals surface area contributed by atoms with Crippen molar-refractivity contribution in [2.24, 2.45) is 0 Å². The Morgan fingerprint density at radius 1 is 1.07 bits per heavy atom. The van der Waals surface area contributed by atoms with E-state index in [0.717, 1.165) is 18.9 Å². The Morgan fingerprint density at radius 2 is 1.81 bits per heavy atom. The first-order chi connectivity index (χ1) is 13.1. The molecule has 8 heteroatoms. The first-order valence-corrected chi connectivity index (χ1v) is 9.08. The van der Waals surface area contributed by atoms with Crippen LogP contribution in [0, 0.1) is 0 Å². The molecule has 0 aliphatic carbocycles. The summed E-state index contributed by atoms with van der Waals surface area (Å²) in [5, 5.41) is 3.19. The van der Waals surface area contributed by atoms with E-state index in [2.05, 4.69) is 15.2 Å².